The molecule has 0 bridgehead atoms. The summed E-state index contributed by atoms with van der Waals surface area (Å²) in [5.41, 5.74) is 1.06. The fraction of sp³-hybridized carbons (Fsp3) is 0.533. The van der Waals surface area contributed by atoms with Crippen molar-refractivity contribution in [3.63, 3.8) is 0 Å². The first-order valence-corrected chi connectivity index (χ1v) is 7.67. The van der Waals surface area contributed by atoms with Gasteiger partial charge < -0.3 is 10.6 Å². The van der Waals surface area contributed by atoms with Crippen molar-refractivity contribution < 1.29 is 4.79 Å². The van der Waals surface area contributed by atoms with Crippen molar-refractivity contribution in [2.24, 2.45) is 0 Å². The molecule has 0 radical (unpaired) electrons. The summed E-state index contributed by atoms with van der Waals surface area (Å²) in [4.78, 5) is 11.6. The molecular formula is C15H22Cl2N2O. The number of hydrogen-bond acceptors (Lipinski definition) is 2. The molecule has 2 N–H and O–H groups in total. The van der Waals surface area contributed by atoms with Crippen LogP contribution in [0.1, 0.15) is 45.2 Å². The predicted octanol–water partition coefficient (Wildman–Crippen LogP) is 3.95. The normalized spacial score (nSPS) is 13.8. The van der Waals surface area contributed by atoms with Crippen LogP contribution in [0.3, 0.4) is 0 Å². The molecule has 1 aromatic carbocycles. The topological polar surface area (TPSA) is 41.1 Å². The average Bonchev–Trinajstić information content (AvgIpc) is 2.41. The summed E-state index contributed by atoms with van der Waals surface area (Å²) < 4.78 is 0. The number of halogens is 2. The highest BCUT2D eigenvalue weighted by molar-refractivity contribution is 6.42. The van der Waals surface area contributed by atoms with Crippen molar-refractivity contribution >= 4 is 29.1 Å². The van der Waals surface area contributed by atoms with E-state index in [-0.39, 0.29) is 18.0 Å². The number of nitrogens with one attached hydrogen (secondary N) is 2. The van der Waals surface area contributed by atoms with Gasteiger partial charge >= 0.3 is 0 Å². The quantitative estimate of drug-likeness (QED) is 0.799. The minimum atomic E-state index is 0.0770. The van der Waals surface area contributed by atoms with Crippen LogP contribution in [-0.2, 0) is 4.79 Å². The van der Waals surface area contributed by atoms with Crippen molar-refractivity contribution in [3.05, 3.63) is 33.8 Å². The zero-order valence-electron chi connectivity index (χ0n) is 12.2. The number of rotatable bonds is 7. The highest BCUT2D eigenvalue weighted by Crippen LogP contribution is 2.25. The lowest BCUT2D eigenvalue weighted by atomic mass is 10.1. The van der Waals surface area contributed by atoms with Crippen LogP contribution in [-0.4, -0.2) is 18.5 Å². The molecule has 0 heterocycles. The molecule has 0 aliphatic rings. The molecular weight excluding hydrogens is 295 g/mol. The Hall–Kier alpha value is -0.770. The molecule has 0 spiro atoms. The van der Waals surface area contributed by atoms with E-state index in [1.807, 2.05) is 26.0 Å². The van der Waals surface area contributed by atoms with Gasteiger partial charge in [-0.15, -0.1) is 0 Å². The number of benzene rings is 1. The zero-order valence-corrected chi connectivity index (χ0v) is 13.7. The predicted molar refractivity (Wildman–Crippen MR) is 85.4 cm³/mol. The first kappa shape index (κ1) is 17.3. The highest BCUT2D eigenvalue weighted by atomic mass is 35.5. The van der Waals surface area contributed by atoms with E-state index in [9.17, 15) is 4.79 Å². The molecule has 0 aliphatic heterocycles. The molecule has 1 aromatic rings. The molecule has 1 rings (SSSR count). The van der Waals surface area contributed by atoms with Gasteiger partial charge in [-0.05, 0) is 38.0 Å². The van der Waals surface area contributed by atoms with E-state index in [1.165, 1.54) is 0 Å². The molecule has 0 saturated carbocycles. The number of hydrogen-bond donors (Lipinski definition) is 2. The van der Waals surface area contributed by atoms with Gasteiger partial charge in [0.2, 0.25) is 5.91 Å². The van der Waals surface area contributed by atoms with Crippen LogP contribution in [0.4, 0.5) is 0 Å². The molecule has 112 valence electrons. The molecule has 2 unspecified atom stereocenters. The van der Waals surface area contributed by atoms with Gasteiger partial charge in [0.05, 0.1) is 10.0 Å². The largest absolute Gasteiger partial charge is 0.354 e. The average molecular weight is 317 g/mol. The fourth-order valence-corrected chi connectivity index (χ4v) is 2.06. The van der Waals surface area contributed by atoms with E-state index in [2.05, 4.69) is 17.6 Å². The Balaban J connectivity index is 2.38. The molecule has 2 atom stereocenters. The number of carbonyl (C=O) groups is 1. The maximum Gasteiger partial charge on any atom is 0.221 e. The van der Waals surface area contributed by atoms with E-state index in [0.717, 1.165) is 12.0 Å². The van der Waals surface area contributed by atoms with E-state index < -0.39 is 0 Å². The second-order valence-electron chi connectivity index (χ2n) is 4.98. The third-order valence-corrected chi connectivity index (χ3v) is 4.01. The van der Waals surface area contributed by atoms with Crippen molar-refractivity contribution in [3.8, 4) is 0 Å². The van der Waals surface area contributed by atoms with Gasteiger partial charge in [-0.3, -0.25) is 4.79 Å². The van der Waals surface area contributed by atoms with Crippen LogP contribution < -0.4 is 10.6 Å². The Bertz CT molecular complexity index is 451. The van der Waals surface area contributed by atoms with Crippen molar-refractivity contribution in [1.82, 2.24) is 10.6 Å². The van der Waals surface area contributed by atoms with Crippen LogP contribution in [0.2, 0.25) is 10.0 Å². The summed E-state index contributed by atoms with van der Waals surface area (Å²) in [6, 6.07) is 5.93. The van der Waals surface area contributed by atoms with Crippen LogP contribution in [0, 0.1) is 0 Å². The van der Waals surface area contributed by atoms with Crippen LogP contribution >= 0.6 is 23.2 Å². The summed E-state index contributed by atoms with van der Waals surface area (Å²) in [6.07, 6.45) is 1.41. The third kappa shape index (κ3) is 5.70. The second-order valence-corrected chi connectivity index (χ2v) is 5.79. The van der Waals surface area contributed by atoms with Crippen molar-refractivity contribution in [2.75, 3.05) is 6.54 Å². The Morgan fingerprint density at radius 3 is 2.55 bits per heavy atom. The lowest BCUT2D eigenvalue weighted by Crippen LogP contribution is -2.34. The minimum absolute atomic E-state index is 0.0770. The van der Waals surface area contributed by atoms with E-state index >= 15 is 0 Å². The SMILES string of the molecule is CCC(C)NC(=O)CCNC(C)c1ccc(Cl)c(Cl)c1. The summed E-state index contributed by atoms with van der Waals surface area (Å²) >= 11 is 11.9. The standard InChI is InChI=1S/C15H22Cl2N2O/c1-4-10(2)19-15(20)7-8-18-11(3)12-5-6-13(16)14(17)9-12/h5-6,9-11,18H,4,7-8H2,1-3H3,(H,19,20). The molecule has 0 saturated heterocycles. The van der Waals surface area contributed by atoms with Crippen molar-refractivity contribution in [1.29, 1.82) is 0 Å². The Labute approximate surface area is 131 Å². The maximum atomic E-state index is 11.6. The van der Waals surface area contributed by atoms with Gasteiger partial charge in [-0.25, -0.2) is 0 Å². The number of amides is 1. The van der Waals surface area contributed by atoms with Crippen LogP contribution in [0.25, 0.3) is 0 Å². The molecule has 20 heavy (non-hydrogen) atoms. The summed E-state index contributed by atoms with van der Waals surface area (Å²) in [5.74, 6) is 0.0770. The van der Waals surface area contributed by atoms with Gasteiger partial charge in [0.15, 0.2) is 0 Å². The third-order valence-electron chi connectivity index (χ3n) is 3.27. The maximum absolute atomic E-state index is 11.6. The molecule has 0 aromatic heterocycles. The monoisotopic (exact) mass is 316 g/mol. The lowest BCUT2D eigenvalue weighted by molar-refractivity contribution is -0.121. The Morgan fingerprint density at radius 2 is 1.95 bits per heavy atom. The first-order valence-electron chi connectivity index (χ1n) is 6.91. The van der Waals surface area contributed by atoms with Gasteiger partial charge in [-0.1, -0.05) is 36.2 Å². The number of carbonyl (C=O) groups excluding carboxylic acids is 1. The Morgan fingerprint density at radius 1 is 1.25 bits per heavy atom. The van der Waals surface area contributed by atoms with E-state index in [0.29, 0.717) is 23.0 Å². The van der Waals surface area contributed by atoms with Crippen molar-refractivity contribution in [2.45, 2.75) is 45.7 Å². The van der Waals surface area contributed by atoms with Gasteiger partial charge in [0, 0.05) is 25.0 Å². The lowest BCUT2D eigenvalue weighted by Gasteiger charge is -2.16. The molecule has 3 nitrogen and oxygen atoms in total. The van der Waals surface area contributed by atoms with Crippen LogP contribution in [0.15, 0.2) is 18.2 Å². The molecule has 1 amide bonds. The van der Waals surface area contributed by atoms with E-state index in [1.54, 1.807) is 6.07 Å². The fourth-order valence-electron chi connectivity index (χ4n) is 1.75. The smallest absolute Gasteiger partial charge is 0.221 e. The summed E-state index contributed by atoms with van der Waals surface area (Å²) in [6.45, 7) is 6.72. The van der Waals surface area contributed by atoms with Gasteiger partial charge in [-0.2, -0.15) is 0 Å². The molecule has 0 fully saturated rings. The second kappa shape index (κ2) is 8.50. The van der Waals surface area contributed by atoms with Gasteiger partial charge in [0.25, 0.3) is 0 Å². The zero-order chi connectivity index (χ0) is 15.1. The molecule has 5 heteroatoms. The Kier molecular flexibility index (Phi) is 7.35. The van der Waals surface area contributed by atoms with Crippen LogP contribution in [0.5, 0.6) is 0 Å². The first-order chi connectivity index (χ1) is 9.43. The summed E-state index contributed by atoms with van der Waals surface area (Å²) in [7, 11) is 0. The highest BCUT2D eigenvalue weighted by Gasteiger charge is 2.09. The molecule has 0 aliphatic carbocycles. The summed E-state index contributed by atoms with van der Waals surface area (Å²) in [5, 5.41) is 7.35. The van der Waals surface area contributed by atoms with Gasteiger partial charge in [0.1, 0.15) is 0 Å². The van der Waals surface area contributed by atoms with E-state index in [4.69, 9.17) is 23.2 Å². The minimum Gasteiger partial charge on any atom is -0.354 e.